The minimum absolute atomic E-state index is 0.229. The number of alkyl halides is 6. The summed E-state index contributed by atoms with van der Waals surface area (Å²) in [7, 11) is 0. The van der Waals surface area contributed by atoms with Gasteiger partial charge in [0.1, 0.15) is 5.60 Å². The van der Waals surface area contributed by atoms with Crippen LogP contribution in [0.4, 0.5) is 0 Å². The summed E-state index contributed by atoms with van der Waals surface area (Å²) in [5, 5.41) is 6.25. The van der Waals surface area contributed by atoms with Crippen LogP contribution in [0, 0.1) is 5.92 Å². The van der Waals surface area contributed by atoms with E-state index in [1.54, 1.807) is 0 Å². The molecule has 2 atom stereocenters. The highest BCUT2D eigenvalue weighted by atomic mass is 80.0. The lowest BCUT2D eigenvalue weighted by Gasteiger charge is -2.65. The SMILES string of the molecule is O=COC12CC3CC(NC(=O)C(Br)(Br)Br)(CC(NC(=O)C(Br)(Br)Br)(C3)C1)C2. The van der Waals surface area contributed by atoms with Gasteiger partial charge in [0.2, 0.25) is 4.29 Å². The second-order valence-corrected chi connectivity index (χ2v) is 21.4. The Morgan fingerprint density at radius 3 is 1.67 bits per heavy atom. The highest BCUT2D eigenvalue weighted by molar-refractivity contribution is 9.40. The van der Waals surface area contributed by atoms with Crippen molar-refractivity contribution in [2.45, 2.75) is 59.5 Å². The van der Waals surface area contributed by atoms with Crippen LogP contribution >= 0.6 is 95.6 Å². The van der Waals surface area contributed by atoms with Crippen molar-refractivity contribution in [3.63, 3.8) is 0 Å². The Bertz CT molecular complexity index is 632. The van der Waals surface area contributed by atoms with Gasteiger partial charge in [0, 0.05) is 23.9 Å². The van der Waals surface area contributed by atoms with E-state index in [2.05, 4.69) is 106 Å². The maximum Gasteiger partial charge on any atom is 0.293 e. The van der Waals surface area contributed by atoms with Crippen molar-refractivity contribution in [1.82, 2.24) is 10.6 Å². The zero-order valence-corrected chi connectivity index (χ0v) is 23.3. The van der Waals surface area contributed by atoms with E-state index in [0.29, 0.717) is 25.7 Å². The molecule has 0 aliphatic heterocycles. The number of ether oxygens (including phenoxy) is 1. The zero-order chi connectivity index (χ0) is 20.3. The average Bonchev–Trinajstić information content (AvgIpc) is 2.42. The van der Waals surface area contributed by atoms with Crippen LogP contribution in [-0.2, 0) is 19.1 Å². The van der Waals surface area contributed by atoms with E-state index in [9.17, 15) is 14.4 Å². The first-order chi connectivity index (χ1) is 12.2. The molecule has 0 saturated heterocycles. The number of hydrogen-bond donors (Lipinski definition) is 2. The van der Waals surface area contributed by atoms with Crippen LogP contribution in [0.5, 0.6) is 0 Å². The van der Waals surface area contributed by atoms with Crippen LogP contribution in [0.3, 0.4) is 0 Å². The molecule has 2 amide bonds. The summed E-state index contributed by atoms with van der Waals surface area (Å²) in [6.07, 6.45) is 3.94. The van der Waals surface area contributed by atoms with Crippen molar-refractivity contribution in [3.8, 4) is 0 Å². The molecule has 0 aromatic heterocycles. The fraction of sp³-hybridized carbons (Fsp3) is 0.800. The minimum atomic E-state index is -1.08. The van der Waals surface area contributed by atoms with Gasteiger partial charge in [0.05, 0.1) is 0 Å². The molecule has 4 fully saturated rings. The molecule has 4 rings (SSSR count). The second-order valence-electron chi connectivity index (χ2n) is 7.87. The van der Waals surface area contributed by atoms with Gasteiger partial charge in [0.25, 0.3) is 18.3 Å². The molecule has 4 saturated carbocycles. The molecule has 0 heterocycles. The van der Waals surface area contributed by atoms with E-state index in [1.807, 2.05) is 0 Å². The highest BCUT2D eigenvalue weighted by Gasteiger charge is 2.66. The lowest BCUT2D eigenvalue weighted by molar-refractivity contribution is -0.188. The van der Waals surface area contributed by atoms with E-state index in [0.717, 1.165) is 19.3 Å². The van der Waals surface area contributed by atoms with Crippen LogP contribution in [0.25, 0.3) is 0 Å². The molecule has 2 N–H and O–H groups in total. The third kappa shape index (κ3) is 4.80. The van der Waals surface area contributed by atoms with Crippen LogP contribution in [0.15, 0.2) is 0 Å². The Hall–Kier alpha value is 1.29. The molecule has 0 aromatic rings. The van der Waals surface area contributed by atoms with Crippen molar-refractivity contribution in [2.75, 3.05) is 0 Å². The predicted octanol–water partition coefficient (Wildman–Crippen LogP) is 4.28. The Morgan fingerprint density at radius 1 is 0.852 bits per heavy atom. The van der Waals surface area contributed by atoms with Crippen molar-refractivity contribution in [1.29, 1.82) is 0 Å². The maximum atomic E-state index is 12.6. The van der Waals surface area contributed by atoms with Crippen molar-refractivity contribution >= 4 is 114 Å². The normalized spacial score (nSPS) is 37.6. The minimum Gasteiger partial charge on any atom is -0.461 e. The van der Waals surface area contributed by atoms with Gasteiger partial charge in [-0.1, -0.05) is 0 Å². The number of amides is 2. The monoisotopic (exact) mass is 762 g/mol. The third-order valence-electron chi connectivity index (χ3n) is 5.59. The summed E-state index contributed by atoms with van der Waals surface area (Å²) in [5.41, 5.74) is -1.83. The lowest BCUT2D eigenvalue weighted by Crippen LogP contribution is -2.75. The number of nitrogens with one attached hydrogen (secondary N) is 2. The summed E-state index contributed by atoms with van der Waals surface area (Å²) in [6, 6.07) is 0. The molecule has 0 radical (unpaired) electrons. The van der Waals surface area contributed by atoms with Gasteiger partial charge in [-0.15, -0.1) is 0 Å². The highest BCUT2D eigenvalue weighted by Crippen LogP contribution is 2.61. The largest absolute Gasteiger partial charge is 0.461 e. The van der Waals surface area contributed by atoms with Gasteiger partial charge in [-0.2, -0.15) is 0 Å². The molecular formula is C15H16Br6N2O4. The number of rotatable bonds is 4. The van der Waals surface area contributed by atoms with E-state index >= 15 is 0 Å². The summed E-state index contributed by atoms with van der Waals surface area (Å²) >= 11 is 19.5. The molecule has 27 heavy (non-hydrogen) atoms. The van der Waals surface area contributed by atoms with Gasteiger partial charge in [-0.3, -0.25) is 14.4 Å². The topological polar surface area (TPSA) is 84.5 Å². The molecule has 12 heteroatoms. The fourth-order valence-corrected chi connectivity index (χ4v) is 6.08. The van der Waals surface area contributed by atoms with E-state index in [-0.39, 0.29) is 17.7 Å². The average molecular weight is 768 g/mol. The molecule has 0 aromatic carbocycles. The molecular weight excluding hydrogens is 752 g/mol. The Labute approximate surface area is 207 Å². The molecule has 4 aliphatic carbocycles. The predicted molar refractivity (Wildman–Crippen MR) is 122 cm³/mol. The van der Waals surface area contributed by atoms with Gasteiger partial charge < -0.3 is 15.4 Å². The summed E-state index contributed by atoms with van der Waals surface area (Å²) in [6.45, 7) is 0.478. The number of carbonyl (C=O) groups is 3. The fourth-order valence-electron chi connectivity index (χ4n) is 5.49. The molecule has 2 unspecified atom stereocenters. The van der Waals surface area contributed by atoms with Crippen LogP contribution in [-0.4, -0.2) is 39.3 Å². The first-order valence-electron chi connectivity index (χ1n) is 8.12. The van der Waals surface area contributed by atoms with Crippen molar-refractivity contribution in [2.24, 2.45) is 5.92 Å². The maximum absolute atomic E-state index is 12.6. The van der Waals surface area contributed by atoms with Gasteiger partial charge in [-0.25, -0.2) is 0 Å². The first kappa shape index (κ1) is 23.0. The van der Waals surface area contributed by atoms with Crippen molar-refractivity contribution in [3.05, 3.63) is 0 Å². The smallest absolute Gasteiger partial charge is 0.293 e. The standard InChI is InChI=1S/C15H16Br6N2O4/c16-14(17,18)9(25)22-11-1-8-2-12(4-11,23-10(26)15(19,20)21)6-13(3-8,5-11)27-7-24/h7-8H,1-6H2,(H,22,25)(H,23,26). The quantitative estimate of drug-likeness (QED) is 0.331. The number of carbonyl (C=O) groups excluding carboxylic acids is 3. The van der Waals surface area contributed by atoms with Crippen LogP contribution in [0.1, 0.15) is 38.5 Å². The Balaban J connectivity index is 1.94. The Kier molecular flexibility index (Phi) is 6.34. The molecule has 6 nitrogen and oxygen atoms in total. The molecule has 4 bridgehead atoms. The summed E-state index contributed by atoms with van der Waals surface area (Å²) in [5.74, 6) is -0.321. The molecule has 4 aliphatic rings. The van der Waals surface area contributed by atoms with Crippen LogP contribution in [0.2, 0.25) is 0 Å². The van der Waals surface area contributed by atoms with E-state index < -0.39 is 21.0 Å². The van der Waals surface area contributed by atoms with E-state index in [1.165, 1.54) is 0 Å². The second kappa shape index (κ2) is 7.46. The molecule has 0 spiro atoms. The van der Waals surface area contributed by atoms with Gasteiger partial charge in [0.15, 0.2) is 0 Å². The number of hydrogen-bond acceptors (Lipinski definition) is 4. The third-order valence-corrected chi connectivity index (χ3v) is 7.75. The van der Waals surface area contributed by atoms with Crippen molar-refractivity contribution < 1.29 is 19.1 Å². The Morgan fingerprint density at radius 2 is 1.30 bits per heavy atom. The van der Waals surface area contributed by atoms with Crippen LogP contribution < -0.4 is 10.6 Å². The molecule has 152 valence electrons. The lowest BCUT2D eigenvalue weighted by atomic mass is 9.48. The summed E-state index contributed by atoms with van der Waals surface area (Å²) in [4.78, 5) is 36.5. The van der Waals surface area contributed by atoms with Gasteiger partial charge >= 0.3 is 0 Å². The van der Waals surface area contributed by atoms with E-state index in [4.69, 9.17) is 4.74 Å². The summed E-state index contributed by atoms with van der Waals surface area (Å²) < 4.78 is 3.41. The number of halogens is 6. The first-order valence-corrected chi connectivity index (χ1v) is 12.9. The van der Waals surface area contributed by atoms with Gasteiger partial charge in [-0.05, 0) is 127 Å². The zero-order valence-electron chi connectivity index (χ0n) is 13.8.